The molecule has 1 aromatic heterocycles. The monoisotopic (exact) mass is 314 g/mol. The third-order valence-electron chi connectivity index (χ3n) is 4.24. The molecule has 0 saturated carbocycles. The minimum atomic E-state index is 0.164. The Morgan fingerprint density at radius 1 is 1.14 bits per heavy atom. The van der Waals surface area contributed by atoms with E-state index in [0.717, 1.165) is 37.2 Å². The summed E-state index contributed by atoms with van der Waals surface area (Å²) in [6.07, 6.45) is 3.96. The molecule has 116 valence electrons. The zero-order valence-corrected chi connectivity index (χ0v) is 14.0. The SMILES string of the molecule is Cc1ccc(SC2CCN(C(=O)c3cc[nH]c3C)CC2)cc1. The van der Waals surface area contributed by atoms with E-state index in [1.54, 1.807) is 0 Å². The number of hydrogen-bond acceptors (Lipinski definition) is 2. The van der Waals surface area contributed by atoms with Crippen LogP contribution in [0.3, 0.4) is 0 Å². The van der Waals surface area contributed by atoms with Crippen LogP contribution in [0, 0.1) is 13.8 Å². The van der Waals surface area contributed by atoms with Crippen LogP contribution in [0.5, 0.6) is 0 Å². The molecule has 0 bridgehead atoms. The third-order valence-corrected chi connectivity index (χ3v) is 5.59. The Morgan fingerprint density at radius 3 is 2.41 bits per heavy atom. The summed E-state index contributed by atoms with van der Waals surface area (Å²) in [5, 5.41) is 0.610. The average molecular weight is 314 g/mol. The summed E-state index contributed by atoms with van der Waals surface area (Å²) in [7, 11) is 0. The first-order valence-corrected chi connectivity index (χ1v) is 8.68. The predicted molar refractivity (Wildman–Crippen MR) is 91.5 cm³/mol. The second-order valence-electron chi connectivity index (χ2n) is 5.94. The van der Waals surface area contributed by atoms with Crippen molar-refractivity contribution in [2.45, 2.75) is 36.8 Å². The number of thioether (sulfide) groups is 1. The van der Waals surface area contributed by atoms with Crippen LogP contribution in [0.4, 0.5) is 0 Å². The van der Waals surface area contributed by atoms with E-state index in [4.69, 9.17) is 0 Å². The zero-order valence-electron chi connectivity index (χ0n) is 13.1. The molecule has 22 heavy (non-hydrogen) atoms. The maximum absolute atomic E-state index is 12.5. The molecule has 2 aromatic rings. The minimum Gasteiger partial charge on any atom is -0.365 e. The quantitative estimate of drug-likeness (QED) is 0.928. The standard InChI is InChI=1S/C18H22N2OS/c1-13-3-5-15(6-4-13)22-16-8-11-20(12-9-16)18(21)17-7-10-19-14(17)2/h3-7,10,16,19H,8-9,11-12H2,1-2H3. The van der Waals surface area contributed by atoms with Crippen LogP contribution in [0.1, 0.15) is 34.5 Å². The summed E-state index contributed by atoms with van der Waals surface area (Å²) >= 11 is 1.94. The van der Waals surface area contributed by atoms with Crippen LogP contribution < -0.4 is 0 Å². The fraction of sp³-hybridized carbons (Fsp3) is 0.389. The molecule has 0 spiro atoms. The Bertz CT molecular complexity index is 639. The summed E-state index contributed by atoms with van der Waals surface area (Å²) in [5.41, 5.74) is 3.07. The second-order valence-corrected chi connectivity index (χ2v) is 7.31. The van der Waals surface area contributed by atoms with Crippen molar-refractivity contribution in [2.75, 3.05) is 13.1 Å². The van der Waals surface area contributed by atoms with Gasteiger partial charge >= 0.3 is 0 Å². The molecule has 3 nitrogen and oxygen atoms in total. The number of likely N-dealkylation sites (tertiary alicyclic amines) is 1. The molecule has 0 aliphatic carbocycles. The van der Waals surface area contributed by atoms with E-state index in [1.165, 1.54) is 10.5 Å². The molecular weight excluding hydrogens is 292 g/mol. The highest BCUT2D eigenvalue weighted by atomic mass is 32.2. The van der Waals surface area contributed by atoms with Crippen molar-refractivity contribution < 1.29 is 4.79 Å². The molecular formula is C18H22N2OS. The predicted octanol–water partition coefficient (Wildman–Crippen LogP) is 4.03. The van der Waals surface area contributed by atoms with Gasteiger partial charge in [-0.3, -0.25) is 4.79 Å². The van der Waals surface area contributed by atoms with Gasteiger partial charge in [-0.2, -0.15) is 0 Å². The first kappa shape index (κ1) is 15.2. The van der Waals surface area contributed by atoms with Gasteiger partial charge in [0.1, 0.15) is 0 Å². The number of piperidine rings is 1. The largest absolute Gasteiger partial charge is 0.365 e. The van der Waals surface area contributed by atoms with Gasteiger partial charge in [0, 0.05) is 35.1 Å². The van der Waals surface area contributed by atoms with E-state index in [9.17, 15) is 4.79 Å². The summed E-state index contributed by atoms with van der Waals surface area (Å²) in [4.78, 5) is 18.9. The van der Waals surface area contributed by atoms with Gasteiger partial charge in [-0.15, -0.1) is 11.8 Å². The second kappa shape index (κ2) is 6.61. The number of nitrogens with one attached hydrogen (secondary N) is 1. The van der Waals surface area contributed by atoms with Crippen LogP contribution in [0.2, 0.25) is 0 Å². The number of aryl methyl sites for hydroxylation is 2. The van der Waals surface area contributed by atoms with Crippen molar-refractivity contribution in [3.05, 3.63) is 53.3 Å². The van der Waals surface area contributed by atoms with E-state index in [0.29, 0.717) is 5.25 Å². The molecule has 1 N–H and O–H groups in total. The highest BCUT2D eigenvalue weighted by Gasteiger charge is 2.25. The number of benzene rings is 1. The summed E-state index contributed by atoms with van der Waals surface area (Å²) in [5.74, 6) is 0.164. The van der Waals surface area contributed by atoms with Crippen molar-refractivity contribution in [3.63, 3.8) is 0 Å². The molecule has 0 atom stereocenters. The lowest BCUT2D eigenvalue weighted by Crippen LogP contribution is -2.39. The Hall–Kier alpha value is -1.68. The summed E-state index contributed by atoms with van der Waals surface area (Å²) in [6, 6.07) is 10.6. The van der Waals surface area contributed by atoms with Crippen LogP contribution in [-0.2, 0) is 0 Å². The number of carbonyl (C=O) groups excluding carboxylic acids is 1. The van der Waals surface area contributed by atoms with Gasteiger partial charge < -0.3 is 9.88 Å². The van der Waals surface area contributed by atoms with E-state index < -0.39 is 0 Å². The molecule has 4 heteroatoms. The number of aromatic amines is 1. The van der Waals surface area contributed by atoms with Gasteiger partial charge in [0.2, 0.25) is 0 Å². The summed E-state index contributed by atoms with van der Waals surface area (Å²) < 4.78 is 0. The smallest absolute Gasteiger partial charge is 0.255 e. The fourth-order valence-corrected chi connectivity index (χ4v) is 3.97. The molecule has 1 fully saturated rings. The molecule has 1 saturated heterocycles. The Balaban J connectivity index is 1.55. The first-order chi connectivity index (χ1) is 10.6. The number of hydrogen-bond donors (Lipinski definition) is 1. The molecule has 1 amide bonds. The maximum Gasteiger partial charge on any atom is 0.255 e. The van der Waals surface area contributed by atoms with Gasteiger partial charge in [0.15, 0.2) is 0 Å². The maximum atomic E-state index is 12.5. The van der Waals surface area contributed by atoms with E-state index in [1.807, 2.05) is 35.8 Å². The van der Waals surface area contributed by atoms with Gasteiger partial charge in [0.25, 0.3) is 5.91 Å². The van der Waals surface area contributed by atoms with Crippen LogP contribution in [0.25, 0.3) is 0 Å². The number of H-pyrrole nitrogens is 1. The van der Waals surface area contributed by atoms with Gasteiger partial charge in [-0.25, -0.2) is 0 Å². The van der Waals surface area contributed by atoms with Crippen LogP contribution >= 0.6 is 11.8 Å². The molecule has 0 unspecified atom stereocenters. The van der Waals surface area contributed by atoms with Crippen LogP contribution in [-0.4, -0.2) is 34.1 Å². The zero-order chi connectivity index (χ0) is 15.5. The lowest BCUT2D eigenvalue weighted by molar-refractivity contribution is 0.0727. The molecule has 0 radical (unpaired) electrons. The van der Waals surface area contributed by atoms with Crippen molar-refractivity contribution in [3.8, 4) is 0 Å². The number of aromatic nitrogens is 1. The highest BCUT2D eigenvalue weighted by Crippen LogP contribution is 2.31. The first-order valence-electron chi connectivity index (χ1n) is 7.80. The number of nitrogens with zero attached hydrogens (tertiary/aromatic N) is 1. The minimum absolute atomic E-state index is 0.164. The third kappa shape index (κ3) is 3.38. The van der Waals surface area contributed by atoms with Gasteiger partial charge in [-0.1, -0.05) is 17.7 Å². The Morgan fingerprint density at radius 2 is 1.82 bits per heavy atom. The molecule has 3 rings (SSSR count). The number of amides is 1. The molecule has 1 aliphatic heterocycles. The van der Waals surface area contributed by atoms with Gasteiger partial charge in [-0.05, 0) is 44.9 Å². The fourth-order valence-electron chi connectivity index (χ4n) is 2.84. The van der Waals surface area contributed by atoms with Crippen LogP contribution in [0.15, 0.2) is 41.4 Å². The van der Waals surface area contributed by atoms with Gasteiger partial charge in [0.05, 0.1) is 5.56 Å². The summed E-state index contributed by atoms with van der Waals surface area (Å²) in [6.45, 7) is 5.77. The molecule has 2 heterocycles. The van der Waals surface area contributed by atoms with E-state index >= 15 is 0 Å². The molecule has 1 aromatic carbocycles. The number of carbonyl (C=O) groups is 1. The Labute approximate surface area is 136 Å². The highest BCUT2D eigenvalue weighted by molar-refractivity contribution is 8.00. The van der Waals surface area contributed by atoms with Crippen molar-refractivity contribution in [1.82, 2.24) is 9.88 Å². The van der Waals surface area contributed by atoms with E-state index in [-0.39, 0.29) is 5.91 Å². The average Bonchev–Trinajstić information content (AvgIpc) is 2.96. The number of rotatable bonds is 3. The molecule has 1 aliphatic rings. The Kier molecular flexibility index (Phi) is 4.57. The van der Waals surface area contributed by atoms with E-state index in [2.05, 4.69) is 36.2 Å². The normalized spacial score (nSPS) is 16.0. The van der Waals surface area contributed by atoms with Crippen molar-refractivity contribution >= 4 is 17.7 Å². The van der Waals surface area contributed by atoms with Crippen molar-refractivity contribution in [1.29, 1.82) is 0 Å². The lowest BCUT2D eigenvalue weighted by atomic mass is 10.1. The van der Waals surface area contributed by atoms with Crippen molar-refractivity contribution in [2.24, 2.45) is 0 Å². The topological polar surface area (TPSA) is 36.1 Å². The lowest BCUT2D eigenvalue weighted by Gasteiger charge is -2.31.